The van der Waals surface area contributed by atoms with Crippen molar-refractivity contribution in [2.24, 2.45) is 0 Å². The highest BCUT2D eigenvalue weighted by Crippen LogP contribution is 2.25. The van der Waals surface area contributed by atoms with Gasteiger partial charge in [-0.25, -0.2) is 0 Å². The first-order valence-electron chi connectivity index (χ1n) is 7.51. The van der Waals surface area contributed by atoms with Gasteiger partial charge in [-0.15, -0.1) is 0 Å². The number of hydrogen-bond donors (Lipinski definition) is 1. The van der Waals surface area contributed by atoms with E-state index in [1.54, 1.807) is 31.4 Å². The van der Waals surface area contributed by atoms with Gasteiger partial charge >= 0.3 is 0 Å². The fraction of sp³-hybridized carbons (Fsp3) is 0.278. The monoisotopic (exact) mass is 315 g/mol. The van der Waals surface area contributed by atoms with Crippen LogP contribution in [0, 0.1) is 0 Å². The van der Waals surface area contributed by atoms with Gasteiger partial charge in [0.05, 0.1) is 13.7 Å². The van der Waals surface area contributed by atoms with Crippen LogP contribution >= 0.6 is 0 Å². The van der Waals surface area contributed by atoms with Crippen molar-refractivity contribution in [1.82, 2.24) is 0 Å². The molecule has 1 amide bonds. The summed E-state index contributed by atoms with van der Waals surface area (Å²) in [6.45, 7) is 2.64. The summed E-state index contributed by atoms with van der Waals surface area (Å²) >= 11 is 0. The fourth-order valence-electron chi connectivity index (χ4n) is 1.93. The van der Waals surface area contributed by atoms with Gasteiger partial charge in [0.25, 0.3) is 5.91 Å². The molecule has 0 fully saturated rings. The van der Waals surface area contributed by atoms with E-state index in [0.29, 0.717) is 23.8 Å². The van der Waals surface area contributed by atoms with Gasteiger partial charge < -0.3 is 19.5 Å². The second-order valence-corrected chi connectivity index (χ2v) is 4.86. The SMILES string of the molecule is CCCOc1ccc(NC(=O)COc2ccccc2OC)cc1. The summed E-state index contributed by atoms with van der Waals surface area (Å²) in [5, 5.41) is 2.77. The minimum atomic E-state index is -0.238. The van der Waals surface area contributed by atoms with Crippen LogP contribution in [0.15, 0.2) is 48.5 Å². The number of anilines is 1. The summed E-state index contributed by atoms with van der Waals surface area (Å²) < 4.78 is 16.1. The molecule has 2 aromatic rings. The molecule has 0 aromatic heterocycles. The van der Waals surface area contributed by atoms with Gasteiger partial charge in [-0.3, -0.25) is 4.79 Å². The molecule has 0 bridgehead atoms. The van der Waals surface area contributed by atoms with Gasteiger partial charge in [-0.05, 0) is 42.8 Å². The number of hydrogen-bond acceptors (Lipinski definition) is 4. The van der Waals surface area contributed by atoms with Crippen LogP contribution < -0.4 is 19.5 Å². The third-order valence-corrected chi connectivity index (χ3v) is 3.04. The number of nitrogens with one attached hydrogen (secondary N) is 1. The molecule has 23 heavy (non-hydrogen) atoms. The van der Waals surface area contributed by atoms with Crippen molar-refractivity contribution < 1.29 is 19.0 Å². The normalized spacial score (nSPS) is 10.0. The molecule has 5 heteroatoms. The molecule has 0 heterocycles. The molecule has 5 nitrogen and oxygen atoms in total. The summed E-state index contributed by atoms with van der Waals surface area (Å²) in [5.41, 5.74) is 0.697. The number of ether oxygens (including phenoxy) is 3. The Morgan fingerprint density at radius 1 is 1.00 bits per heavy atom. The lowest BCUT2D eigenvalue weighted by atomic mass is 10.3. The maximum Gasteiger partial charge on any atom is 0.262 e. The molecule has 2 aromatic carbocycles. The maximum absolute atomic E-state index is 11.9. The average Bonchev–Trinajstić information content (AvgIpc) is 2.59. The first-order chi connectivity index (χ1) is 11.2. The molecule has 0 aliphatic heterocycles. The molecule has 0 saturated carbocycles. The summed E-state index contributed by atoms with van der Waals surface area (Å²) in [5.74, 6) is 1.68. The molecule has 0 atom stereocenters. The predicted molar refractivity (Wildman–Crippen MR) is 89.3 cm³/mol. The molecule has 0 radical (unpaired) electrons. The Hall–Kier alpha value is -2.69. The van der Waals surface area contributed by atoms with Crippen molar-refractivity contribution in [3.63, 3.8) is 0 Å². The van der Waals surface area contributed by atoms with Crippen molar-refractivity contribution >= 4 is 11.6 Å². The minimum absolute atomic E-state index is 0.0888. The van der Waals surface area contributed by atoms with Crippen LogP contribution in [-0.4, -0.2) is 26.2 Å². The van der Waals surface area contributed by atoms with Crippen LogP contribution in [0.2, 0.25) is 0 Å². The third-order valence-electron chi connectivity index (χ3n) is 3.04. The highest BCUT2D eigenvalue weighted by Gasteiger charge is 2.07. The standard InChI is InChI=1S/C18H21NO4/c1-3-12-22-15-10-8-14(9-11-15)19-18(20)13-23-17-7-5-4-6-16(17)21-2/h4-11H,3,12-13H2,1-2H3,(H,19,20). The summed E-state index contributed by atoms with van der Waals surface area (Å²) in [6.07, 6.45) is 0.957. The molecule has 1 N–H and O–H groups in total. The van der Waals surface area contributed by atoms with Gasteiger partial charge in [0.1, 0.15) is 5.75 Å². The van der Waals surface area contributed by atoms with E-state index in [-0.39, 0.29) is 12.5 Å². The molecule has 0 saturated heterocycles. The Labute approximate surface area is 136 Å². The quantitative estimate of drug-likeness (QED) is 0.810. The van der Waals surface area contributed by atoms with Crippen LogP contribution in [0.4, 0.5) is 5.69 Å². The van der Waals surface area contributed by atoms with Crippen molar-refractivity contribution in [2.75, 3.05) is 25.6 Å². The summed E-state index contributed by atoms with van der Waals surface area (Å²) in [6, 6.07) is 14.4. The van der Waals surface area contributed by atoms with Crippen molar-refractivity contribution in [2.45, 2.75) is 13.3 Å². The largest absolute Gasteiger partial charge is 0.494 e. The van der Waals surface area contributed by atoms with E-state index in [4.69, 9.17) is 14.2 Å². The van der Waals surface area contributed by atoms with Crippen molar-refractivity contribution in [1.29, 1.82) is 0 Å². The highest BCUT2D eigenvalue weighted by atomic mass is 16.5. The van der Waals surface area contributed by atoms with Gasteiger partial charge in [-0.2, -0.15) is 0 Å². The lowest BCUT2D eigenvalue weighted by Crippen LogP contribution is -2.20. The van der Waals surface area contributed by atoms with Crippen LogP contribution in [0.5, 0.6) is 17.2 Å². The zero-order valence-corrected chi connectivity index (χ0v) is 13.4. The van der Waals surface area contributed by atoms with Gasteiger partial charge in [0.15, 0.2) is 18.1 Å². The minimum Gasteiger partial charge on any atom is -0.494 e. The number of benzene rings is 2. The van der Waals surface area contributed by atoms with E-state index in [1.807, 2.05) is 24.3 Å². The molecular weight excluding hydrogens is 294 g/mol. The van der Waals surface area contributed by atoms with Gasteiger partial charge in [0, 0.05) is 5.69 Å². The van der Waals surface area contributed by atoms with E-state index in [9.17, 15) is 4.79 Å². The molecule has 122 valence electrons. The maximum atomic E-state index is 11.9. The number of rotatable bonds is 8. The Bertz CT molecular complexity index is 625. The molecule has 2 rings (SSSR count). The summed E-state index contributed by atoms with van der Waals surface area (Å²) in [7, 11) is 1.56. The number of methoxy groups -OCH3 is 1. The first-order valence-corrected chi connectivity index (χ1v) is 7.51. The second kappa shape index (κ2) is 8.68. The van der Waals surface area contributed by atoms with Crippen LogP contribution in [0.1, 0.15) is 13.3 Å². The predicted octanol–water partition coefficient (Wildman–Crippen LogP) is 3.50. The van der Waals surface area contributed by atoms with Gasteiger partial charge in [-0.1, -0.05) is 19.1 Å². The first kappa shape index (κ1) is 16.7. The average molecular weight is 315 g/mol. The summed E-state index contributed by atoms with van der Waals surface area (Å²) in [4.78, 5) is 11.9. The third kappa shape index (κ3) is 5.21. The van der Waals surface area contributed by atoms with E-state index in [2.05, 4.69) is 12.2 Å². The zero-order chi connectivity index (χ0) is 16.5. The fourth-order valence-corrected chi connectivity index (χ4v) is 1.93. The molecular formula is C18H21NO4. The van der Waals surface area contributed by atoms with E-state index in [0.717, 1.165) is 12.2 Å². The second-order valence-electron chi connectivity index (χ2n) is 4.86. The highest BCUT2D eigenvalue weighted by molar-refractivity contribution is 5.91. The van der Waals surface area contributed by atoms with Crippen molar-refractivity contribution in [3.8, 4) is 17.2 Å². The number of amides is 1. The lowest BCUT2D eigenvalue weighted by Gasteiger charge is -2.11. The molecule has 0 aliphatic carbocycles. The van der Waals surface area contributed by atoms with Crippen LogP contribution in [0.25, 0.3) is 0 Å². The molecule has 0 unspecified atom stereocenters. The molecule has 0 aliphatic rings. The van der Waals surface area contributed by atoms with E-state index < -0.39 is 0 Å². The molecule has 0 spiro atoms. The van der Waals surface area contributed by atoms with Crippen molar-refractivity contribution in [3.05, 3.63) is 48.5 Å². The lowest BCUT2D eigenvalue weighted by molar-refractivity contribution is -0.118. The number of para-hydroxylation sites is 2. The Kier molecular flexibility index (Phi) is 6.29. The smallest absolute Gasteiger partial charge is 0.262 e. The Balaban J connectivity index is 1.84. The van der Waals surface area contributed by atoms with E-state index >= 15 is 0 Å². The van der Waals surface area contributed by atoms with Crippen LogP contribution in [-0.2, 0) is 4.79 Å². The Morgan fingerprint density at radius 2 is 1.70 bits per heavy atom. The topological polar surface area (TPSA) is 56.8 Å². The number of carbonyl (C=O) groups is 1. The van der Waals surface area contributed by atoms with Gasteiger partial charge in [0.2, 0.25) is 0 Å². The Morgan fingerprint density at radius 3 is 2.35 bits per heavy atom. The number of carbonyl (C=O) groups excluding carboxylic acids is 1. The van der Waals surface area contributed by atoms with Crippen LogP contribution in [0.3, 0.4) is 0 Å². The van der Waals surface area contributed by atoms with E-state index in [1.165, 1.54) is 0 Å². The zero-order valence-electron chi connectivity index (χ0n) is 13.4.